The number of hydrogen-bond donors (Lipinski definition) is 2. The lowest BCUT2D eigenvalue weighted by atomic mass is 9.94. The van der Waals surface area contributed by atoms with Crippen LogP contribution < -0.4 is 20.3 Å². The first-order valence-electron chi connectivity index (χ1n) is 18.5. The van der Waals surface area contributed by atoms with Crippen molar-refractivity contribution in [2.24, 2.45) is 5.92 Å². The number of carbonyl (C=O) groups is 5. The SMILES string of the molecule is COc1ccc2cnn(C3CCN(CC4CCN(c5ccc6c(c5)C(=O)N(N5CCC(=O)NC5=O)C6=O)CC4)CC3)c2c1NC(=O)c1cccc(C(F)(F)F)c1. The Kier molecular flexibility index (Phi) is 9.64. The number of benzene rings is 3. The van der Waals surface area contributed by atoms with Crippen LogP contribution >= 0.6 is 0 Å². The second-order valence-corrected chi connectivity index (χ2v) is 14.5. The third kappa shape index (κ3) is 6.91. The number of hydrazine groups is 1. The van der Waals surface area contributed by atoms with Gasteiger partial charge in [0, 0.05) is 55.8 Å². The Labute approximate surface area is 319 Å². The molecule has 8 rings (SSSR count). The Morgan fingerprint density at radius 3 is 2.38 bits per heavy atom. The standard InChI is InChI=1S/C39H39F3N8O6/c1-56-31-8-5-25-21-43-49(34(25)33(31)45-35(52)24-3-2-4-26(19-24)39(40,41)42)27-11-14-46(15-12-27)22-23-9-16-47(17-10-23)28-6-7-29-30(20-28)37(54)50(36(29)53)48-18-13-32(51)44-38(48)55/h2-8,19-21,23,27H,9-18,22H2,1H3,(H,45,52)(H,44,51,55). The molecule has 4 aromatic rings. The summed E-state index contributed by atoms with van der Waals surface area (Å²) < 4.78 is 47.6. The maximum absolute atomic E-state index is 13.4. The maximum Gasteiger partial charge on any atom is 0.416 e. The fourth-order valence-electron chi connectivity index (χ4n) is 8.18. The van der Waals surface area contributed by atoms with Crippen LogP contribution in [-0.4, -0.2) is 101 Å². The van der Waals surface area contributed by atoms with E-state index in [1.165, 1.54) is 19.2 Å². The van der Waals surface area contributed by atoms with Crippen LogP contribution in [0.25, 0.3) is 10.9 Å². The van der Waals surface area contributed by atoms with E-state index in [1.807, 2.05) is 16.8 Å². The van der Waals surface area contributed by atoms with Crippen molar-refractivity contribution in [2.75, 3.05) is 56.6 Å². The molecule has 4 aliphatic rings. The number of amides is 6. The number of carbonyl (C=O) groups excluding carboxylic acids is 5. The molecule has 14 nitrogen and oxygen atoms in total. The molecule has 0 bridgehead atoms. The van der Waals surface area contributed by atoms with Crippen molar-refractivity contribution < 1.29 is 41.9 Å². The van der Waals surface area contributed by atoms with Crippen LogP contribution in [0.15, 0.2) is 60.8 Å². The predicted octanol–water partition coefficient (Wildman–Crippen LogP) is 5.32. The van der Waals surface area contributed by atoms with E-state index in [1.54, 1.807) is 24.4 Å². The molecule has 3 saturated heterocycles. The summed E-state index contributed by atoms with van der Waals surface area (Å²) in [6.45, 7) is 4.10. The smallest absolute Gasteiger partial charge is 0.416 e. The number of ether oxygens (including phenoxy) is 1. The fourth-order valence-corrected chi connectivity index (χ4v) is 8.18. The van der Waals surface area contributed by atoms with Gasteiger partial charge in [0.05, 0.1) is 48.1 Å². The molecule has 292 valence electrons. The number of halogens is 3. The maximum atomic E-state index is 13.4. The molecule has 0 spiro atoms. The summed E-state index contributed by atoms with van der Waals surface area (Å²) >= 11 is 0. The molecule has 1 aromatic heterocycles. The van der Waals surface area contributed by atoms with Crippen LogP contribution in [0.5, 0.6) is 5.75 Å². The first-order chi connectivity index (χ1) is 26.9. The highest BCUT2D eigenvalue weighted by atomic mass is 19.4. The Morgan fingerprint density at radius 2 is 1.66 bits per heavy atom. The van der Waals surface area contributed by atoms with Crippen LogP contribution in [0, 0.1) is 5.92 Å². The molecule has 2 N–H and O–H groups in total. The zero-order chi connectivity index (χ0) is 39.3. The molecule has 3 aromatic carbocycles. The van der Waals surface area contributed by atoms with Crippen molar-refractivity contribution in [3.63, 3.8) is 0 Å². The van der Waals surface area contributed by atoms with E-state index in [0.29, 0.717) is 22.9 Å². The molecule has 17 heteroatoms. The van der Waals surface area contributed by atoms with Gasteiger partial charge in [-0.3, -0.25) is 29.2 Å². The molecule has 0 saturated carbocycles. The largest absolute Gasteiger partial charge is 0.494 e. The van der Waals surface area contributed by atoms with E-state index in [2.05, 4.69) is 25.5 Å². The zero-order valence-corrected chi connectivity index (χ0v) is 30.5. The summed E-state index contributed by atoms with van der Waals surface area (Å²) in [6.07, 6.45) is 0.625. The minimum atomic E-state index is -4.58. The molecule has 0 aliphatic carbocycles. The summed E-state index contributed by atoms with van der Waals surface area (Å²) in [6, 6.07) is 12.2. The highest BCUT2D eigenvalue weighted by molar-refractivity contribution is 6.22. The molecular weight excluding hydrogens is 733 g/mol. The highest BCUT2D eigenvalue weighted by Crippen LogP contribution is 2.38. The quantitative estimate of drug-likeness (QED) is 0.227. The molecule has 0 radical (unpaired) electrons. The van der Waals surface area contributed by atoms with E-state index in [9.17, 15) is 37.1 Å². The normalized spacial score (nSPS) is 18.8. The Morgan fingerprint density at radius 1 is 0.911 bits per heavy atom. The van der Waals surface area contributed by atoms with Crippen molar-refractivity contribution in [3.05, 3.63) is 83.0 Å². The van der Waals surface area contributed by atoms with Gasteiger partial charge in [-0.2, -0.15) is 23.3 Å². The van der Waals surface area contributed by atoms with Crippen molar-refractivity contribution in [1.29, 1.82) is 0 Å². The van der Waals surface area contributed by atoms with Crippen molar-refractivity contribution in [3.8, 4) is 5.75 Å². The first kappa shape index (κ1) is 37.0. The third-order valence-electron chi connectivity index (χ3n) is 11.2. The van der Waals surface area contributed by atoms with E-state index in [4.69, 9.17) is 4.74 Å². The van der Waals surface area contributed by atoms with Crippen molar-refractivity contribution >= 4 is 51.9 Å². The monoisotopic (exact) mass is 772 g/mol. The lowest BCUT2D eigenvalue weighted by molar-refractivity contribution is -0.137. The number of anilines is 2. The number of fused-ring (bicyclic) bond motifs is 2. The number of urea groups is 1. The van der Waals surface area contributed by atoms with Crippen LogP contribution in [0.3, 0.4) is 0 Å². The number of likely N-dealkylation sites (tertiary alicyclic amines) is 1. The van der Waals surface area contributed by atoms with E-state index in [-0.39, 0.29) is 35.7 Å². The van der Waals surface area contributed by atoms with Gasteiger partial charge in [0.15, 0.2) is 0 Å². The fraction of sp³-hybridized carbons (Fsp3) is 0.385. The van der Waals surface area contributed by atoms with Gasteiger partial charge in [0.25, 0.3) is 17.7 Å². The number of piperidine rings is 2. The number of alkyl halides is 3. The zero-order valence-electron chi connectivity index (χ0n) is 30.5. The van der Waals surface area contributed by atoms with Crippen molar-refractivity contribution in [2.45, 2.75) is 44.3 Å². The van der Waals surface area contributed by atoms with Gasteiger partial charge in [0.1, 0.15) is 11.4 Å². The van der Waals surface area contributed by atoms with Gasteiger partial charge in [-0.1, -0.05) is 6.07 Å². The van der Waals surface area contributed by atoms with E-state index in [0.717, 1.165) is 91.6 Å². The number of imide groups is 2. The molecule has 3 fully saturated rings. The molecule has 4 aliphatic heterocycles. The number of methoxy groups -OCH3 is 1. The summed E-state index contributed by atoms with van der Waals surface area (Å²) in [4.78, 5) is 68.3. The number of nitrogens with one attached hydrogen (secondary N) is 2. The minimum Gasteiger partial charge on any atom is -0.494 e. The van der Waals surface area contributed by atoms with Crippen molar-refractivity contribution in [1.82, 2.24) is 30.0 Å². The second-order valence-electron chi connectivity index (χ2n) is 14.5. The van der Waals surface area contributed by atoms with Crippen LogP contribution in [0.1, 0.15) is 74.8 Å². The Balaban J connectivity index is 0.881. The number of nitrogens with zero attached hydrogens (tertiary/aromatic N) is 6. The van der Waals surface area contributed by atoms with Crippen LogP contribution in [0.4, 0.5) is 29.3 Å². The topological polar surface area (TPSA) is 149 Å². The number of aromatic nitrogens is 2. The van der Waals surface area contributed by atoms with Crippen LogP contribution in [0.2, 0.25) is 0 Å². The minimum absolute atomic E-state index is 0.00618. The van der Waals surface area contributed by atoms with Crippen LogP contribution in [-0.2, 0) is 11.0 Å². The molecule has 5 heterocycles. The van der Waals surface area contributed by atoms with E-state index >= 15 is 0 Å². The summed E-state index contributed by atoms with van der Waals surface area (Å²) in [5.41, 5.74) is 1.25. The number of hydrogen-bond acceptors (Lipinski definition) is 9. The molecule has 56 heavy (non-hydrogen) atoms. The Hall–Kier alpha value is -5.97. The van der Waals surface area contributed by atoms with Gasteiger partial charge in [0.2, 0.25) is 5.91 Å². The van der Waals surface area contributed by atoms with Gasteiger partial charge in [-0.25, -0.2) is 9.80 Å². The molecule has 6 amide bonds. The predicted molar refractivity (Wildman–Crippen MR) is 197 cm³/mol. The van der Waals surface area contributed by atoms with Gasteiger partial charge >= 0.3 is 12.2 Å². The summed E-state index contributed by atoms with van der Waals surface area (Å²) in [5.74, 6) is -1.49. The molecule has 0 atom stereocenters. The Bertz CT molecular complexity index is 2240. The highest BCUT2D eigenvalue weighted by Gasteiger charge is 2.43. The lowest BCUT2D eigenvalue weighted by Crippen LogP contribution is -2.58. The van der Waals surface area contributed by atoms with Gasteiger partial charge < -0.3 is 19.9 Å². The van der Waals surface area contributed by atoms with Gasteiger partial charge in [-0.05, 0) is 80.1 Å². The van der Waals surface area contributed by atoms with Gasteiger partial charge in [-0.15, -0.1) is 0 Å². The summed E-state index contributed by atoms with van der Waals surface area (Å²) in [5, 5.41) is 12.2. The molecular formula is C39H39F3N8O6. The lowest BCUT2D eigenvalue weighted by Gasteiger charge is -2.38. The number of rotatable bonds is 8. The third-order valence-corrected chi connectivity index (χ3v) is 11.2. The second kappa shape index (κ2) is 14.6. The first-order valence-corrected chi connectivity index (χ1v) is 18.5. The summed E-state index contributed by atoms with van der Waals surface area (Å²) in [7, 11) is 1.47. The average molecular weight is 773 g/mol. The van der Waals surface area contributed by atoms with E-state index < -0.39 is 41.4 Å². The average Bonchev–Trinajstić information content (AvgIpc) is 3.73. The molecule has 0 unspecified atom stereocenters.